The number of rotatable bonds is 3. The lowest BCUT2D eigenvalue weighted by Gasteiger charge is -2.36. The summed E-state index contributed by atoms with van der Waals surface area (Å²) in [7, 11) is 0. The number of carbonyl (C=O) groups is 1. The third kappa shape index (κ3) is 4.65. The van der Waals surface area contributed by atoms with Gasteiger partial charge in [-0.05, 0) is 18.4 Å². The van der Waals surface area contributed by atoms with E-state index in [1.165, 1.54) is 6.42 Å². The van der Waals surface area contributed by atoms with Gasteiger partial charge in [0.25, 0.3) is 0 Å². The Morgan fingerprint density at radius 1 is 1.26 bits per heavy atom. The van der Waals surface area contributed by atoms with Crippen LogP contribution in [0.4, 0.5) is 0 Å². The Balaban J connectivity index is 1.71. The number of thioether (sulfide) groups is 1. The summed E-state index contributed by atoms with van der Waals surface area (Å²) >= 11 is 1.82. The highest BCUT2D eigenvalue weighted by molar-refractivity contribution is 7.99. The molecule has 0 aromatic carbocycles. The molecule has 1 amide bonds. The monoisotopic (exact) mass is 285 g/mol. The molecule has 0 aromatic rings. The van der Waals surface area contributed by atoms with Crippen LogP contribution in [0.25, 0.3) is 0 Å². The van der Waals surface area contributed by atoms with Crippen molar-refractivity contribution in [3.8, 4) is 0 Å². The molecule has 0 radical (unpaired) electrons. The van der Waals surface area contributed by atoms with Gasteiger partial charge in [0.2, 0.25) is 5.91 Å². The summed E-state index contributed by atoms with van der Waals surface area (Å²) in [5, 5.41) is 3.27. The molecule has 2 rings (SSSR count). The number of hydrogen-bond donors (Lipinski definition) is 1. The zero-order valence-electron chi connectivity index (χ0n) is 12.4. The molecule has 1 atom stereocenters. The second-order valence-electron chi connectivity index (χ2n) is 6.75. The zero-order valence-corrected chi connectivity index (χ0v) is 13.3. The van der Waals surface area contributed by atoms with Gasteiger partial charge in [0.15, 0.2) is 0 Å². The molecule has 0 aromatic heterocycles. The standard InChI is InChI=1S/C14H27N3OS/c1-14(2,3)4-5-16-6-8-17(9-7-16)13(18)12-10-19-11-15-12/h12,15H,4-11H2,1-3H3. The van der Waals surface area contributed by atoms with Crippen molar-refractivity contribution in [3.05, 3.63) is 0 Å². The lowest BCUT2D eigenvalue weighted by Crippen LogP contribution is -2.53. The average molecular weight is 285 g/mol. The minimum Gasteiger partial charge on any atom is -0.339 e. The van der Waals surface area contributed by atoms with E-state index in [0.717, 1.165) is 44.4 Å². The van der Waals surface area contributed by atoms with Crippen LogP contribution in [0.1, 0.15) is 27.2 Å². The second kappa shape index (κ2) is 6.46. The van der Waals surface area contributed by atoms with Gasteiger partial charge in [-0.15, -0.1) is 11.8 Å². The molecule has 5 heteroatoms. The largest absolute Gasteiger partial charge is 0.339 e. The van der Waals surface area contributed by atoms with Crippen LogP contribution in [0.5, 0.6) is 0 Å². The van der Waals surface area contributed by atoms with E-state index in [0.29, 0.717) is 11.3 Å². The van der Waals surface area contributed by atoms with Gasteiger partial charge in [-0.2, -0.15) is 0 Å². The first-order chi connectivity index (χ1) is 8.96. The molecule has 2 fully saturated rings. The summed E-state index contributed by atoms with van der Waals surface area (Å²) in [4.78, 5) is 16.8. The highest BCUT2D eigenvalue weighted by Gasteiger charge is 2.29. The molecule has 2 aliphatic rings. The first kappa shape index (κ1) is 15.1. The van der Waals surface area contributed by atoms with E-state index < -0.39 is 0 Å². The number of piperazine rings is 1. The Morgan fingerprint density at radius 3 is 2.47 bits per heavy atom. The van der Waals surface area contributed by atoms with Crippen molar-refractivity contribution in [2.24, 2.45) is 5.41 Å². The number of amides is 1. The Bertz CT molecular complexity index is 302. The van der Waals surface area contributed by atoms with Gasteiger partial charge in [0.1, 0.15) is 0 Å². The quantitative estimate of drug-likeness (QED) is 0.846. The molecule has 0 saturated carbocycles. The summed E-state index contributed by atoms with van der Waals surface area (Å²) in [6.45, 7) is 11.9. The van der Waals surface area contributed by atoms with Crippen molar-refractivity contribution in [1.29, 1.82) is 0 Å². The molecule has 2 saturated heterocycles. The maximum Gasteiger partial charge on any atom is 0.240 e. The van der Waals surface area contributed by atoms with Gasteiger partial charge in [0.05, 0.1) is 6.04 Å². The van der Waals surface area contributed by atoms with E-state index in [-0.39, 0.29) is 6.04 Å². The van der Waals surface area contributed by atoms with E-state index in [4.69, 9.17) is 0 Å². The van der Waals surface area contributed by atoms with Crippen molar-refractivity contribution < 1.29 is 4.79 Å². The highest BCUT2D eigenvalue weighted by atomic mass is 32.2. The molecular formula is C14H27N3OS. The summed E-state index contributed by atoms with van der Waals surface area (Å²) in [6.07, 6.45) is 1.22. The van der Waals surface area contributed by atoms with E-state index in [1.54, 1.807) is 0 Å². The Morgan fingerprint density at radius 2 is 1.95 bits per heavy atom. The minimum atomic E-state index is 0.0612. The zero-order chi connectivity index (χ0) is 13.9. The average Bonchev–Trinajstić information content (AvgIpc) is 2.89. The summed E-state index contributed by atoms with van der Waals surface area (Å²) < 4.78 is 0. The molecule has 2 heterocycles. The van der Waals surface area contributed by atoms with Crippen LogP contribution in [-0.4, -0.2) is 66.1 Å². The van der Waals surface area contributed by atoms with Crippen LogP contribution >= 0.6 is 11.8 Å². The normalized spacial score (nSPS) is 25.8. The van der Waals surface area contributed by atoms with E-state index in [1.807, 2.05) is 16.7 Å². The maximum atomic E-state index is 12.3. The molecule has 1 N–H and O–H groups in total. The molecule has 1 unspecified atom stereocenters. The predicted octanol–water partition coefficient (Wildman–Crippen LogP) is 1.23. The fourth-order valence-corrected chi connectivity index (χ4v) is 3.39. The third-order valence-electron chi connectivity index (χ3n) is 3.88. The summed E-state index contributed by atoms with van der Waals surface area (Å²) in [5.74, 6) is 2.16. The first-order valence-electron chi connectivity index (χ1n) is 7.28. The van der Waals surface area contributed by atoms with Crippen LogP contribution < -0.4 is 5.32 Å². The molecule has 19 heavy (non-hydrogen) atoms. The highest BCUT2D eigenvalue weighted by Crippen LogP contribution is 2.19. The fourth-order valence-electron chi connectivity index (χ4n) is 2.46. The van der Waals surface area contributed by atoms with Crippen molar-refractivity contribution in [2.75, 3.05) is 44.4 Å². The lowest BCUT2D eigenvalue weighted by atomic mass is 9.92. The van der Waals surface area contributed by atoms with Crippen LogP contribution in [0.2, 0.25) is 0 Å². The SMILES string of the molecule is CC(C)(C)CCN1CCN(C(=O)C2CSCN2)CC1. The predicted molar refractivity (Wildman–Crippen MR) is 81.3 cm³/mol. The topological polar surface area (TPSA) is 35.6 Å². The lowest BCUT2D eigenvalue weighted by molar-refractivity contribution is -0.134. The summed E-state index contributed by atoms with van der Waals surface area (Å²) in [5.41, 5.74) is 0.401. The van der Waals surface area contributed by atoms with Gasteiger partial charge >= 0.3 is 0 Å². The molecule has 110 valence electrons. The van der Waals surface area contributed by atoms with Crippen molar-refractivity contribution in [1.82, 2.24) is 15.1 Å². The first-order valence-corrected chi connectivity index (χ1v) is 8.43. The van der Waals surface area contributed by atoms with E-state index >= 15 is 0 Å². The Labute approximate surface area is 121 Å². The number of nitrogens with one attached hydrogen (secondary N) is 1. The molecule has 0 spiro atoms. The third-order valence-corrected chi connectivity index (χ3v) is 4.82. The Hall–Kier alpha value is -0.260. The molecule has 4 nitrogen and oxygen atoms in total. The number of hydrogen-bond acceptors (Lipinski definition) is 4. The van der Waals surface area contributed by atoms with Gasteiger partial charge in [-0.1, -0.05) is 20.8 Å². The molecule has 2 aliphatic heterocycles. The minimum absolute atomic E-state index is 0.0612. The van der Waals surface area contributed by atoms with Gasteiger partial charge in [-0.3, -0.25) is 15.0 Å². The number of carbonyl (C=O) groups excluding carboxylic acids is 1. The second-order valence-corrected chi connectivity index (χ2v) is 7.78. The molecule has 0 bridgehead atoms. The van der Waals surface area contributed by atoms with Crippen molar-refractivity contribution in [3.63, 3.8) is 0 Å². The van der Waals surface area contributed by atoms with E-state index in [9.17, 15) is 4.79 Å². The van der Waals surface area contributed by atoms with Crippen LogP contribution in [0.3, 0.4) is 0 Å². The number of nitrogens with zero attached hydrogens (tertiary/aromatic N) is 2. The molecule has 0 aliphatic carbocycles. The van der Waals surface area contributed by atoms with Crippen LogP contribution in [-0.2, 0) is 4.79 Å². The fraction of sp³-hybridized carbons (Fsp3) is 0.929. The smallest absolute Gasteiger partial charge is 0.240 e. The Kier molecular flexibility index (Phi) is 5.15. The van der Waals surface area contributed by atoms with Crippen molar-refractivity contribution in [2.45, 2.75) is 33.2 Å². The van der Waals surface area contributed by atoms with Gasteiger partial charge in [-0.25, -0.2) is 0 Å². The summed E-state index contributed by atoms with van der Waals surface area (Å²) in [6, 6.07) is 0.0612. The van der Waals surface area contributed by atoms with Crippen LogP contribution in [0.15, 0.2) is 0 Å². The maximum absolute atomic E-state index is 12.3. The van der Waals surface area contributed by atoms with Crippen molar-refractivity contribution >= 4 is 17.7 Å². The van der Waals surface area contributed by atoms with Gasteiger partial charge in [0, 0.05) is 37.8 Å². The van der Waals surface area contributed by atoms with Crippen LogP contribution in [0, 0.1) is 5.41 Å². The van der Waals surface area contributed by atoms with E-state index in [2.05, 4.69) is 31.0 Å². The van der Waals surface area contributed by atoms with Gasteiger partial charge < -0.3 is 4.90 Å². The molecular weight excluding hydrogens is 258 g/mol.